The van der Waals surface area contributed by atoms with Gasteiger partial charge in [0.15, 0.2) is 11.5 Å². The molecule has 3 aromatic rings. The third-order valence-electron chi connectivity index (χ3n) is 7.82. The number of nitrogens with one attached hydrogen (secondary N) is 1. The second-order valence-electron chi connectivity index (χ2n) is 11.3. The smallest absolute Gasteiger partial charge is 0.387 e. The number of imidazole rings is 1. The summed E-state index contributed by atoms with van der Waals surface area (Å²) < 4.78 is 43.5. The molecule has 238 valence electrons. The van der Waals surface area contributed by atoms with Gasteiger partial charge < -0.3 is 18.8 Å². The number of amides is 1. The van der Waals surface area contributed by atoms with Crippen molar-refractivity contribution in [3.63, 3.8) is 0 Å². The third-order valence-corrected chi connectivity index (χ3v) is 7.82. The van der Waals surface area contributed by atoms with Gasteiger partial charge in [-0.05, 0) is 57.2 Å². The molecular weight excluding hydrogens is 586 g/mol. The van der Waals surface area contributed by atoms with Gasteiger partial charge in [0.25, 0.3) is 5.91 Å². The zero-order valence-electron chi connectivity index (χ0n) is 25.5. The molecule has 12 nitrogen and oxygen atoms in total. The molecule has 0 spiro atoms. The van der Waals surface area contributed by atoms with Crippen LogP contribution in [0.25, 0.3) is 16.7 Å². The summed E-state index contributed by atoms with van der Waals surface area (Å²) in [5, 5.41) is 2.57. The van der Waals surface area contributed by atoms with Crippen LogP contribution < -0.4 is 20.7 Å². The van der Waals surface area contributed by atoms with Crippen molar-refractivity contribution in [2.45, 2.75) is 52.0 Å². The molecule has 4 heterocycles. The largest absolute Gasteiger partial charge is 0.435 e. The number of amidine groups is 1. The van der Waals surface area contributed by atoms with E-state index < -0.39 is 18.5 Å². The maximum atomic E-state index is 13.3. The number of hydrogen-bond donors (Lipinski definition) is 2. The van der Waals surface area contributed by atoms with E-state index in [1.807, 2.05) is 25.2 Å². The first-order valence-corrected chi connectivity index (χ1v) is 14.9. The number of aliphatic imine (C=N–C) groups is 2. The number of alkyl halides is 2. The molecular formula is C31H36F2N8O4. The molecule has 3 unspecified atom stereocenters. The highest BCUT2D eigenvalue weighted by atomic mass is 19.3. The summed E-state index contributed by atoms with van der Waals surface area (Å²) in [7, 11) is 1.99. The summed E-state index contributed by atoms with van der Waals surface area (Å²) in [6.07, 6.45) is 2.89. The highest BCUT2D eigenvalue weighted by molar-refractivity contribution is 6.70. The first-order chi connectivity index (χ1) is 21.5. The minimum atomic E-state index is -2.96. The van der Waals surface area contributed by atoms with E-state index in [0.29, 0.717) is 11.4 Å². The lowest BCUT2D eigenvalue weighted by molar-refractivity contribution is -0.126. The van der Waals surface area contributed by atoms with E-state index >= 15 is 0 Å². The van der Waals surface area contributed by atoms with E-state index in [0.717, 1.165) is 48.5 Å². The monoisotopic (exact) mass is 622 g/mol. The topological polar surface area (TPSA) is 132 Å². The van der Waals surface area contributed by atoms with Crippen molar-refractivity contribution >= 4 is 39.9 Å². The Hall–Kier alpha value is -4.24. The second-order valence-corrected chi connectivity index (χ2v) is 11.3. The number of aromatic nitrogens is 2. The molecule has 45 heavy (non-hydrogen) atoms. The third kappa shape index (κ3) is 6.45. The highest BCUT2D eigenvalue weighted by Crippen LogP contribution is 2.31. The normalized spacial score (nSPS) is 23.9. The standard InChI is InChI=1S/C31H36F2N8O4/c1-5-43-31(34)37-28-27(29(42)38-31)36-24(17-41(28)21-7-9-22(10-8-21)45-30(32)33)20-6-11-23-25(14-20)39(4)26(35-23)12-13-40-15-18(2)44-19(3)16-40/h6-11,14,17-19,30H,5,12-13,15-16,34H2,1-4H3,(H,38,42). The summed E-state index contributed by atoms with van der Waals surface area (Å²) in [4.78, 5) is 31.4. The van der Waals surface area contributed by atoms with E-state index in [-0.39, 0.29) is 36.1 Å². The van der Waals surface area contributed by atoms with Crippen LogP contribution in [0.5, 0.6) is 5.75 Å². The van der Waals surface area contributed by atoms with Crippen molar-refractivity contribution in [2.24, 2.45) is 22.8 Å². The summed E-state index contributed by atoms with van der Waals surface area (Å²) in [6, 6.07) is 11.8. The summed E-state index contributed by atoms with van der Waals surface area (Å²) in [5.41, 5.74) is 9.76. The van der Waals surface area contributed by atoms with Crippen molar-refractivity contribution in [1.29, 1.82) is 0 Å². The summed E-state index contributed by atoms with van der Waals surface area (Å²) >= 11 is 0. The van der Waals surface area contributed by atoms with Crippen LogP contribution >= 0.6 is 0 Å². The number of carbonyl (C=O) groups is 1. The fraction of sp³-hybridized carbons (Fsp3) is 0.419. The Balaban J connectivity index is 1.34. The first-order valence-electron chi connectivity index (χ1n) is 14.9. The molecule has 14 heteroatoms. The molecule has 3 N–H and O–H groups in total. The Morgan fingerprint density at radius 2 is 1.89 bits per heavy atom. The van der Waals surface area contributed by atoms with Crippen molar-refractivity contribution < 1.29 is 27.8 Å². The second kappa shape index (κ2) is 12.3. The number of nitrogens with zero attached hydrogens (tertiary/aromatic N) is 6. The Morgan fingerprint density at radius 3 is 2.58 bits per heavy atom. The maximum absolute atomic E-state index is 13.3. The average molecular weight is 623 g/mol. The van der Waals surface area contributed by atoms with Crippen LogP contribution in [-0.4, -0.2) is 82.9 Å². The van der Waals surface area contributed by atoms with Gasteiger partial charge in [-0.2, -0.15) is 13.8 Å². The van der Waals surface area contributed by atoms with Gasteiger partial charge in [-0.3, -0.25) is 25.6 Å². The molecule has 0 bridgehead atoms. The number of ether oxygens (including phenoxy) is 3. The first kappa shape index (κ1) is 30.8. The quantitative estimate of drug-likeness (QED) is 0.348. The number of anilines is 1. The predicted octanol–water partition coefficient (Wildman–Crippen LogP) is 3.22. The lowest BCUT2D eigenvalue weighted by Gasteiger charge is -2.36. The molecule has 3 aliphatic rings. The van der Waals surface area contributed by atoms with Crippen LogP contribution in [-0.2, 0) is 27.7 Å². The van der Waals surface area contributed by atoms with E-state index in [1.54, 1.807) is 30.2 Å². The number of rotatable bonds is 9. The predicted molar refractivity (Wildman–Crippen MR) is 166 cm³/mol. The molecule has 6 rings (SSSR count). The molecule has 1 aromatic heterocycles. The van der Waals surface area contributed by atoms with Gasteiger partial charge in [-0.25, -0.2) is 9.98 Å². The van der Waals surface area contributed by atoms with Crippen molar-refractivity contribution in [3.05, 3.63) is 60.1 Å². The van der Waals surface area contributed by atoms with Gasteiger partial charge >= 0.3 is 12.6 Å². The highest BCUT2D eigenvalue weighted by Gasteiger charge is 2.41. The van der Waals surface area contributed by atoms with Gasteiger partial charge in [-0.15, -0.1) is 0 Å². The number of halogens is 2. The van der Waals surface area contributed by atoms with Gasteiger partial charge in [0.05, 0.1) is 28.9 Å². The molecule has 1 fully saturated rings. The van der Waals surface area contributed by atoms with E-state index in [4.69, 9.17) is 20.2 Å². The van der Waals surface area contributed by atoms with E-state index in [2.05, 4.69) is 43.4 Å². The Labute approximate surface area is 259 Å². The number of aryl methyl sites for hydroxylation is 1. The minimum absolute atomic E-state index is 0.00947. The fourth-order valence-electron chi connectivity index (χ4n) is 5.92. The Morgan fingerprint density at radius 1 is 1.16 bits per heavy atom. The van der Waals surface area contributed by atoms with Gasteiger partial charge in [-0.1, -0.05) is 6.07 Å². The van der Waals surface area contributed by atoms with E-state index in [9.17, 15) is 13.6 Å². The van der Waals surface area contributed by atoms with E-state index in [1.165, 1.54) is 12.1 Å². The SMILES string of the molecule is CCOC1(N)N=C2C(=NC(c3ccc4nc(CCN5CC(C)OC(C)C5)n(C)c4c3)=CN2c2ccc(OC(F)F)cc2)C(=O)N1. The molecule has 0 aliphatic carbocycles. The number of carbonyl (C=O) groups excluding carboxylic acids is 1. The van der Waals surface area contributed by atoms with Gasteiger partial charge in [0.2, 0.25) is 0 Å². The summed E-state index contributed by atoms with van der Waals surface area (Å²) in [5.74, 6) is -1.27. The molecule has 1 saturated heterocycles. The lowest BCUT2D eigenvalue weighted by atomic mass is 10.1. The van der Waals surface area contributed by atoms with Gasteiger partial charge in [0.1, 0.15) is 11.6 Å². The average Bonchev–Trinajstić information content (AvgIpc) is 3.30. The summed E-state index contributed by atoms with van der Waals surface area (Å²) in [6.45, 7) is 5.81. The lowest BCUT2D eigenvalue weighted by Crippen LogP contribution is -2.64. The van der Waals surface area contributed by atoms with Crippen LogP contribution in [0.4, 0.5) is 14.5 Å². The van der Waals surface area contributed by atoms with Crippen LogP contribution in [0, 0.1) is 0 Å². The van der Waals surface area contributed by atoms with Gasteiger partial charge in [0, 0.05) is 57.2 Å². The molecule has 0 saturated carbocycles. The Bertz CT molecular complexity index is 1680. The number of morpholine rings is 1. The number of hydrogen-bond acceptors (Lipinski definition) is 10. The Kier molecular flexibility index (Phi) is 8.39. The molecule has 3 aliphatic heterocycles. The van der Waals surface area contributed by atoms with Crippen LogP contribution in [0.1, 0.15) is 32.2 Å². The number of fused-ring (bicyclic) bond motifs is 2. The van der Waals surface area contributed by atoms with Crippen molar-refractivity contribution in [3.8, 4) is 5.75 Å². The van der Waals surface area contributed by atoms with Crippen LogP contribution in [0.2, 0.25) is 0 Å². The molecule has 2 aromatic carbocycles. The fourth-order valence-corrected chi connectivity index (χ4v) is 5.92. The zero-order chi connectivity index (χ0) is 31.9. The molecule has 0 radical (unpaired) electrons. The zero-order valence-corrected chi connectivity index (χ0v) is 25.5. The minimum Gasteiger partial charge on any atom is -0.435 e. The van der Waals surface area contributed by atoms with Crippen molar-refractivity contribution in [1.82, 2.24) is 19.8 Å². The van der Waals surface area contributed by atoms with Crippen molar-refractivity contribution in [2.75, 3.05) is 31.1 Å². The number of nitrogens with two attached hydrogens (primary N) is 1. The number of benzene rings is 2. The van der Waals surface area contributed by atoms with Crippen LogP contribution in [0.3, 0.4) is 0 Å². The maximum Gasteiger partial charge on any atom is 0.387 e. The van der Waals surface area contributed by atoms with Crippen LogP contribution in [0.15, 0.2) is 58.6 Å². The molecule has 3 atom stereocenters. The molecule has 1 amide bonds.